The van der Waals surface area contributed by atoms with Crippen molar-refractivity contribution in [3.63, 3.8) is 0 Å². The van der Waals surface area contributed by atoms with Gasteiger partial charge in [0.1, 0.15) is 17.3 Å². The normalized spacial score (nSPS) is 12.1. The number of carbonyl (C=O) groups excluding carboxylic acids is 1. The van der Waals surface area contributed by atoms with E-state index in [0.29, 0.717) is 22.5 Å². The van der Waals surface area contributed by atoms with E-state index >= 15 is 0 Å². The standard InChI is InChI=1S/C23H16F2N4O3S/c24-16-7-4-8-17(25)21(16)26-20(30)12-33-23-28-27-22(29(23)15-5-2-1-3-6-15)14-9-10-18-19(11-14)32-13-31-18/h1-11H,12-13H2,(H,26,30). The van der Waals surface area contributed by atoms with Crippen LogP contribution >= 0.6 is 11.8 Å². The molecule has 0 bridgehead atoms. The van der Waals surface area contributed by atoms with Crippen LogP contribution in [0.4, 0.5) is 14.5 Å². The molecule has 2 heterocycles. The summed E-state index contributed by atoms with van der Waals surface area (Å²) in [5.74, 6) is -0.581. The number of nitrogens with one attached hydrogen (secondary N) is 1. The van der Waals surface area contributed by atoms with Gasteiger partial charge in [-0.15, -0.1) is 10.2 Å². The van der Waals surface area contributed by atoms with Crippen molar-refractivity contribution in [3.8, 4) is 28.6 Å². The number of ether oxygens (including phenoxy) is 2. The quantitative estimate of drug-likeness (QED) is 0.416. The van der Waals surface area contributed by atoms with Crippen LogP contribution in [0.25, 0.3) is 17.1 Å². The number of hydrogen-bond donors (Lipinski definition) is 1. The average molecular weight is 466 g/mol. The Kier molecular flexibility index (Phi) is 5.66. The fourth-order valence-electron chi connectivity index (χ4n) is 3.32. The van der Waals surface area contributed by atoms with Crippen molar-refractivity contribution < 1.29 is 23.0 Å². The summed E-state index contributed by atoms with van der Waals surface area (Å²) in [4.78, 5) is 12.4. The van der Waals surface area contributed by atoms with Gasteiger partial charge in [0.25, 0.3) is 0 Å². The number of aromatic nitrogens is 3. The molecule has 4 aromatic rings. The van der Waals surface area contributed by atoms with Crippen LogP contribution in [0.3, 0.4) is 0 Å². The Morgan fingerprint density at radius 3 is 2.52 bits per heavy atom. The number of rotatable bonds is 6. The van der Waals surface area contributed by atoms with Gasteiger partial charge in [0.2, 0.25) is 12.7 Å². The Labute approximate surface area is 191 Å². The molecule has 0 atom stereocenters. The van der Waals surface area contributed by atoms with E-state index in [1.807, 2.05) is 42.5 Å². The number of fused-ring (bicyclic) bond motifs is 1. The van der Waals surface area contributed by atoms with E-state index in [9.17, 15) is 13.6 Å². The van der Waals surface area contributed by atoms with Crippen LogP contribution in [-0.4, -0.2) is 33.2 Å². The smallest absolute Gasteiger partial charge is 0.235 e. The molecule has 0 fully saturated rings. The second-order valence-corrected chi connectivity index (χ2v) is 7.92. The highest BCUT2D eigenvalue weighted by Crippen LogP contribution is 2.37. The Balaban J connectivity index is 1.43. The molecule has 7 nitrogen and oxygen atoms in total. The minimum atomic E-state index is -0.842. The minimum absolute atomic E-state index is 0.125. The zero-order chi connectivity index (χ0) is 22.8. The topological polar surface area (TPSA) is 78.3 Å². The van der Waals surface area contributed by atoms with E-state index in [-0.39, 0.29) is 12.5 Å². The molecule has 0 saturated heterocycles. The summed E-state index contributed by atoms with van der Waals surface area (Å²) in [6, 6.07) is 18.3. The van der Waals surface area contributed by atoms with Crippen molar-refractivity contribution in [3.05, 3.63) is 78.4 Å². The Morgan fingerprint density at radius 2 is 1.73 bits per heavy atom. The molecule has 3 aromatic carbocycles. The fourth-order valence-corrected chi connectivity index (χ4v) is 4.07. The molecule has 166 valence electrons. The number of carbonyl (C=O) groups is 1. The first kappa shape index (κ1) is 21.0. The molecule has 1 amide bonds. The summed E-state index contributed by atoms with van der Waals surface area (Å²) in [5, 5.41) is 11.3. The van der Waals surface area contributed by atoms with Gasteiger partial charge < -0.3 is 14.8 Å². The van der Waals surface area contributed by atoms with Gasteiger partial charge in [0, 0.05) is 11.3 Å². The molecular formula is C23H16F2N4O3S. The van der Waals surface area contributed by atoms with Crippen LogP contribution in [0.2, 0.25) is 0 Å². The summed E-state index contributed by atoms with van der Waals surface area (Å²) >= 11 is 1.10. The lowest BCUT2D eigenvalue weighted by atomic mass is 10.2. The van der Waals surface area contributed by atoms with Crippen LogP contribution in [0.1, 0.15) is 0 Å². The predicted octanol–water partition coefficient (Wildman–Crippen LogP) is 4.67. The highest BCUT2D eigenvalue weighted by molar-refractivity contribution is 7.99. The van der Waals surface area contributed by atoms with Crippen molar-refractivity contribution >= 4 is 23.4 Å². The predicted molar refractivity (Wildman–Crippen MR) is 119 cm³/mol. The second kappa shape index (κ2) is 8.91. The maximum Gasteiger partial charge on any atom is 0.235 e. The fraction of sp³-hybridized carbons (Fsp3) is 0.0870. The highest BCUT2D eigenvalue weighted by Gasteiger charge is 2.21. The molecule has 0 aliphatic carbocycles. The molecule has 5 rings (SSSR count). The van der Waals surface area contributed by atoms with Gasteiger partial charge in [-0.2, -0.15) is 0 Å². The molecule has 1 aliphatic heterocycles. The van der Waals surface area contributed by atoms with Crippen LogP contribution in [0.5, 0.6) is 11.5 Å². The average Bonchev–Trinajstić information content (AvgIpc) is 3.47. The van der Waals surface area contributed by atoms with Gasteiger partial charge in [-0.1, -0.05) is 36.0 Å². The van der Waals surface area contributed by atoms with Crippen LogP contribution < -0.4 is 14.8 Å². The van der Waals surface area contributed by atoms with Crippen LogP contribution in [0.15, 0.2) is 71.9 Å². The summed E-state index contributed by atoms with van der Waals surface area (Å²) in [6.07, 6.45) is 0. The number of halogens is 2. The van der Waals surface area contributed by atoms with Gasteiger partial charge in [-0.3, -0.25) is 9.36 Å². The third-order valence-corrected chi connectivity index (χ3v) is 5.77. The highest BCUT2D eigenvalue weighted by atomic mass is 32.2. The molecule has 33 heavy (non-hydrogen) atoms. The zero-order valence-electron chi connectivity index (χ0n) is 17.0. The first-order valence-electron chi connectivity index (χ1n) is 9.87. The number of para-hydroxylation sites is 2. The van der Waals surface area contributed by atoms with Crippen molar-refractivity contribution in [1.82, 2.24) is 14.8 Å². The Bertz CT molecular complexity index is 1310. The minimum Gasteiger partial charge on any atom is -0.454 e. The van der Waals surface area contributed by atoms with E-state index in [1.54, 1.807) is 10.6 Å². The lowest BCUT2D eigenvalue weighted by Gasteiger charge is -2.11. The van der Waals surface area contributed by atoms with Crippen LogP contribution in [0, 0.1) is 11.6 Å². The van der Waals surface area contributed by atoms with Crippen LogP contribution in [-0.2, 0) is 4.79 Å². The summed E-state index contributed by atoms with van der Waals surface area (Å²) < 4.78 is 40.3. The van der Waals surface area contributed by atoms with Crippen molar-refractivity contribution in [2.24, 2.45) is 0 Å². The molecular weight excluding hydrogens is 450 g/mol. The van der Waals surface area contributed by atoms with Crippen molar-refractivity contribution in [1.29, 1.82) is 0 Å². The zero-order valence-corrected chi connectivity index (χ0v) is 17.8. The van der Waals surface area contributed by atoms with E-state index in [2.05, 4.69) is 15.5 Å². The molecule has 0 saturated carbocycles. The Morgan fingerprint density at radius 1 is 0.970 bits per heavy atom. The van der Waals surface area contributed by atoms with Crippen molar-refractivity contribution in [2.75, 3.05) is 17.9 Å². The molecule has 0 spiro atoms. The number of benzene rings is 3. The van der Waals surface area contributed by atoms with E-state index in [4.69, 9.17) is 9.47 Å². The number of thioether (sulfide) groups is 1. The summed E-state index contributed by atoms with van der Waals surface area (Å²) in [5.41, 5.74) is 1.06. The summed E-state index contributed by atoms with van der Waals surface area (Å²) in [7, 11) is 0. The first-order chi connectivity index (χ1) is 16.1. The number of hydrogen-bond acceptors (Lipinski definition) is 6. The lowest BCUT2D eigenvalue weighted by Crippen LogP contribution is -2.16. The largest absolute Gasteiger partial charge is 0.454 e. The number of nitrogens with zero attached hydrogens (tertiary/aromatic N) is 3. The van der Waals surface area contributed by atoms with Gasteiger partial charge in [0.05, 0.1) is 5.75 Å². The molecule has 10 heteroatoms. The summed E-state index contributed by atoms with van der Waals surface area (Å²) in [6.45, 7) is 0.156. The first-order valence-corrected chi connectivity index (χ1v) is 10.9. The van der Waals surface area contributed by atoms with Gasteiger partial charge in [-0.25, -0.2) is 8.78 Å². The second-order valence-electron chi connectivity index (χ2n) is 6.98. The van der Waals surface area contributed by atoms with Gasteiger partial charge >= 0.3 is 0 Å². The number of amides is 1. The SMILES string of the molecule is O=C(CSc1nnc(-c2ccc3c(c2)OCO3)n1-c1ccccc1)Nc1c(F)cccc1F. The van der Waals surface area contributed by atoms with Gasteiger partial charge in [-0.05, 0) is 42.5 Å². The molecule has 1 aliphatic rings. The van der Waals surface area contributed by atoms with E-state index in [1.165, 1.54) is 6.07 Å². The molecule has 1 aromatic heterocycles. The third kappa shape index (κ3) is 4.24. The maximum absolute atomic E-state index is 13.8. The maximum atomic E-state index is 13.8. The molecule has 1 N–H and O–H groups in total. The molecule has 0 radical (unpaired) electrons. The van der Waals surface area contributed by atoms with E-state index in [0.717, 1.165) is 35.1 Å². The van der Waals surface area contributed by atoms with E-state index < -0.39 is 23.2 Å². The number of anilines is 1. The van der Waals surface area contributed by atoms with Gasteiger partial charge in [0.15, 0.2) is 22.5 Å². The third-order valence-electron chi connectivity index (χ3n) is 4.84. The lowest BCUT2D eigenvalue weighted by molar-refractivity contribution is -0.113. The monoisotopic (exact) mass is 466 g/mol. The Hall–Kier alpha value is -3.92. The molecule has 0 unspecified atom stereocenters. The van der Waals surface area contributed by atoms with Crippen molar-refractivity contribution in [2.45, 2.75) is 5.16 Å².